The van der Waals surface area contributed by atoms with Gasteiger partial charge in [0.25, 0.3) is 5.91 Å². The van der Waals surface area contributed by atoms with E-state index in [0.29, 0.717) is 10.9 Å². The molecule has 4 N–H and O–H groups in total. The Kier molecular flexibility index (Phi) is 8.56. The number of primary amides is 1. The molecule has 0 saturated heterocycles. The molecule has 8 nitrogen and oxygen atoms in total. The molecule has 0 aliphatic heterocycles. The molecule has 2 aromatic rings. The Morgan fingerprint density at radius 2 is 1.83 bits per heavy atom. The van der Waals surface area contributed by atoms with Gasteiger partial charge in [-0.1, -0.05) is 51.4 Å². The van der Waals surface area contributed by atoms with Crippen molar-refractivity contribution in [3.63, 3.8) is 0 Å². The summed E-state index contributed by atoms with van der Waals surface area (Å²) in [6.45, 7) is 8.50. The van der Waals surface area contributed by atoms with Gasteiger partial charge in [-0.05, 0) is 47.8 Å². The molecule has 0 spiro atoms. The third-order valence-corrected chi connectivity index (χ3v) is 7.71. The number of nitrogens with one attached hydrogen (secondary N) is 2. The molecule has 2 amide bonds. The summed E-state index contributed by atoms with van der Waals surface area (Å²) in [4.78, 5) is 36.0. The standard InChI is InChI=1S/C26H34ClN3O5S/c1-25(2)10-17(11-26(3,4)14-25)30-16-8-6-7-15(9-16)22-20(27)21(23(36-22)24(33)34-5)35-13-19(32)29-12-18(28)31/h6-9,17,30H,10-14H2,1-5H3,(H2,28,31)(H,29,32). The van der Waals surface area contributed by atoms with Gasteiger partial charge in [-0.3, -0.25) is 9.59 Å². The van der Waals surface area contributed by atoms with Crippen molar-refractivity contribution in [2.45, 2.75) is 53.0 Å². The van der Waals surface area contributed by atoms with E-state index in [9.17, 15) is 14.4 Å². The third kappa shape index (κ3) is 7.13. The third-order valence-electron chi connectivity index (χ3n) is 6.04. The molecule has 1 saturated carbocycles. The largest absolute Gasteiger partial charge is 0.480 e. The van der Waals surface area contributed by atoms with E-state index in [1.165, 1.54) is 13.5 Å². The van der Waals surface area contributed by atoms with E-state index < -0.39 is 24.4 Å². The van der Waals surface area contributed by atoms with Crippen LogP contribution < -0.4 is 21.1 Å². The topological polar surface area (TPSA) is 120 Å². The van der Waals surface area contributed by atoms with Crippen LogP contribution in [-0.4, -0.2) is 44.1 Å². The number of thiophene rings is 1. The minimum absolute atomic E-state index is 0.0619. The van der Waals surface area contributed by atoms with Crippen molar-refractivity contribution in [2.24, 2.45) is 16.6 Å². The van der Waals surface area contributed by atoms with Crippen molar-refractivity contribution in [1.29, 1.82) is 0 Å². The number of hydrogen-bond donors (Lipinski definition) is 3. The van der Waals surface area contributed by atoms with Crippen molar-refractivity contribution in [3.05, 3.63) is 34.2 Å². The lowest BCUT2D eigenvalue weighted by atomic mass is 9.63. The van der Waals surface area contributed by atoms with Crippen LogP contribution in [0.3, 0.4) is 0 Å². The van der Waals surface area contributed by atoms with E-state index in [4.69, 9.17) is 26.8 Å². The lowest BCUT2D eigenvalue weighted by Crippen LogP contribution is -2.40. The van der Waals surface area contributed by atoms with Crippen molar-refractivity contribution in [3.8, 4) is 16.2 Å². The van der Waals surface area contributed by atoms with Gasteiger partial charge < -0.3 is 25.8 Å². The van der Waals surface area contributed by atoms with Crippen molar-refractivity contribution in [1.82, 2.24) is 5.32 Å². The number of carbonyl (C=O) groups is 3. The SMILES string of the molecule is COC(=O)c1sc(-c2cccc(NC3CC(C)(C)CC(C)(C)C3)c2)c(Cl)c1OCC(=O)NCC(N)=O. The fourth-order valence-electron chi connectivity index (χ4n) is 5.25. The Hall–Kier alpha value is -2.78. The Morgan fingerprint density at radius 3 is 2.44 bits per heavy atom. The number of halogens is 1. The fraction of sp³-hybridized carbons (Fsp3) is 0.500. The van der Waals surface area contributed by atoms with E-state index >= 15 is 0 Å². The molecular formula is C26H34ClN3O5S. The summed E-state index contributed by atoms with van der Waals surface area (Å²) in [5, 5.41) is 6.22. The molecule has 196 valence electrons. The van der Waals surface area contributed by atoms with Gasteiger partial charge in [-0.25, -0.2) is 4.79 Å². The number of methoxy groups -OCH3 is 1. The molecule has 0 bridgehead atoms. The lowest BCUT2D eigenvalue weighted by molar-refractivity contribution is -0.126. The van der Waals surface area contributed by atoms with E-state index in [0.717, 1.165) is 35.4 Å². The van der Waals surface area contributed by atoms with Crippen LogP contribution in [-0.2, 0) is 14.3 Å². The second kappa shape index (κ2) is 11.1. The predicted octanol–water partition coefficient (Wildman–Crippen LogP) is 4.85. The summed E-state index contributed by atoms with van der Waals surface area (Å²) in [6, 6.07) is 8.18. The molecule has 1 aromatic heterocycles. The van der Waals surface area contributed by atoms with Crippen LogP contribution >= 0.6 is 22.9 Å². The summed E-state index contributed by atoms with van der Waals surface area (Å²) < 4.78 is 10.5. The number of amides is 2. The van der Waals surface area contributed by atoms with Crippen molar-refractivity contribution >= 4 is 46.4 Å². The average molecular weight is 536 g/mol. The summed E-state index contributed by atoms with van der Waals surface area (Å²) >= 11 is 7.78. The maximum absolute atomic E-state index is 12.4. The van der Waals surface area contributed by atoms with Gasteiger partial charge in [0.15, 0.2) is 17.2 Å². The van der Waals surface area contributed by atoms with Gasteiger partial charge >= 0.3 is 5.97 Å². The quantitative estimate of drug-likeness (QED) is 0.395. The zero-order chi connectivity index (χ0) is 26.7. The smallest absolute Gasteiger partial charge is 0.351 e. The average Bonchev–Trinajstić information content (AvgIpc) is 3.09. The van der Waals surface area contributed by atoms with Crippen LogP contribution in [0.1, 0.15) is 56.6 Å². The normalized spacial score (nSPS) is 16.7. The number of nitrogens with two attached hydrogens (primary N) is 1. The number of esters is 1. The zero-order valence-electron chi connectivity index (χ0n) is 21.3. The first-order valence-corrected chi connectivity index (χ1v) is 12.9. The molecule has 0 atom stereocenters. The number of anilines is 1. The van der Waals surface area contributed by atoms with Gasteiger partial charge in [0.1, 0.15) is 5.02 Å². The molecule has 3 rings (SSSR count). The molecule has 1 aliphatic carbocycles. The molecule has 36 heavy (non-hydrogen) atoms. The Balaban J connectivity index is 1.84. The molecular weight excluding hydrogens is 502 g/mol. The summed E-state index contributed by atoms with van der Waals surface area (Å²) in [5.41, 5.74) is 7.31. The maximum Gasteiger partial charge on any atom is 0.351 e. The molecule has 1 heterocycles. The molecule has 1 fully saturated rings. The van der Waals surface area contributed by atoms with Gasteiger partial charge in [0.05, 0.1) is 18.5 Å². The fourth-order valence-corrected chi connectivity index (χ4v) is 6.73. The predicted molar refractivity (Wildman–Crippen MR) is 143 cm³/mol. The highest BCUT2D eigenvalue weighted by molar-refractivity contribution is 7.18. The maximum atomic E-state index is 12.4. The van der Waals surface area contributed by atoms with Crippen LogP contribution in [0.4, 0.5) is 5.69 Å². The summed E-state index contributed by atoms with van der Waals surface area (Å²) in [7, 11) is 1.26. The first-order chi connectivity index (χ1) is 16.8. The van der Waals surface area contributed by atoms with E-state index in [-0.39, 0.29) is 33.0 Å². The number of carbonyl (C=O) groups excluding carboxylic acids is 3. The molecule has 0 radical (unpaired) electrons. The van der Waals surface area contributed by atoms with E-state index in [2.05, 4.69) is 38.3 Å². The molecule has 10 heteroatoms. The summed E-state index contributed by atoms with van der Waals surface area (Å²) in [5.74, 6) is -1.81. The first kappa shape index (κ1) is 27.8. The minimum atomic E-state index is -0.678. The van der Waals surface area contributed by atoms with Crippen LogP contribution in [0.15, 0.2) is 24.3 Å². The monoisotopic (exact) mass is 535 g/mol. The zero-order valence-corrected chi connectivity index (χ0v) is 22.9. The van der Waals surface area contributed by atoms with Gasteiger partial charge in [-0.15, -0.1) is 11.3 Å². The second-order valence-corrected chi connectivity index (χ2v) is 12.2. The lowest BCUT2D eigenvalue weighted by Gasteiger charge is -2.45. The summed E-state index contributed by atoms with van der Waals surface area (Å²) in [6.07, 6.45) is 3.33. The van der Waals surface area contributed by atoms with E-state index in [1.54, 1.807) is 0 Å². The first-order valence-electron chi connectivity index (χ1n) is 11.8. The second-order valence-electron chi connectivity index (χ2n) is 10.8. The Bertz CT molecular complexity index is 1130. The number of ether oxygens (including phenoxy) is 2. The van der Waals surface area contributed by atoms with E-state index in [1.807, 2.05) is 24.3 Å². The number of hydrogen-bond acceptors (Lipinski definition) is 7. The Labute approximate surface area is 220 Å². The number of benzene rings is 1. The molecule has 1 aliphatic rings. The molecule has 1 aromatic carbocycles. The van der Waals surface area contributed by atoms with Crippen molar-refractivity contribution < 1.29 is 23.9 Å². The highest BCUT2D eigenvalue weighted by Gasteiger charge is 2.38. The minimum Gasteiger partial charge on any atom is -0.480 e. The van der Waals surface area contributed by atoms with Crippen molar-refractivity contribution in [2.75, 3.05) is 25.6 Å². The van der Waals surface area contributed by atoms with Crippen LogP contribution in [0, 0.1) is 10.8 Å². The van der Waals surface area contributed by atoms with Crippen LogP contribution in [0.2, 0.25) is 5.02 Å². The van der Waals surface area contributed by atoms with Crippen LogP contribution in [0.25, 0.3) is 10.4 Å². The highest BCUT2D eigenvalue weighted by Crippen LogP contribution is 2.48. The molecule has 0 unspecified atom stereocenters. The van der Waals surface area contributed by atoms with Gasteiger partial charge in [0, 0.05) is 11.7 Å². The van der Waals surface area contributed by atoms with Crippen LogP contribution in [0.5, 0.6) is 5.75 Å². The highest BCUT2D eigenvalue weighted by atomic mass is 35.5. The van der Waals surface area contributed by atoms with Gasteiger partial charge in [-0.2, -0.15) is 0 Å². The van der Waals surface area contributed by atoms with Gasteiger partial charge in [0.2, 0.25) is 5.91 Å². The number of rotatable bonds is 9. The Morgan fingerprint density at radius 1 is 1.17 bits per heavy atom.